The van der Waals surface area contributed by atoms with Crippen molar-refractivity contribution in [1.82, 2.24) is 0 Å². The fourth-order valence-electron chi connectivity index (χ4n) is 1.61. The number of primary amides is 1. The van der Waals surface area contributed by atoms with Crippen LogP contribution in [0.2, 0.25) is 0 Å². The molecule has 2 unspecified atom stereocenters. The zero-order chi connectivity index (χ0) is 14.7. The Balaban J connectivity index is 3.46. The van der Waals surface area contributed by atoms with Gasteiger partial charge in [-0.15, -0.1) is 0 Å². The zero-order valence-corrected chi connectivity index (χ0v) is 9.29. The summed E-state index contributed by atoms with van der Waals surface area (Å²) >= 11 is 0. The maximum Gasteiger partial charge on any atom is 0.273 e. The van der Waals surface area contributed by atoms with Crippen molar-refractivity contribution >= 4 is 5.91 Å². The SMILES string of the molecule is NC(=O)c1cccc(C(F)C(F)F)c1C(F)C(F)F. The molecule has 0 aliphatic rings. The van der Waals surface area contributed by atoms with Gasteiger partial charge in [-0.3, -0.25) is 4.79 Å². The molecule has 0 spiro atoms. The molecule has 1 rings (SSSR count). The average molecular weight is 285 g/mol. The molecule has 2 nitrogen and oxygen atoms in total. The van der Waals surface area contributed by atoms with Gasteiger partial charge >= 0.3 is 0 Å². The van der Waals surface area contributed by atoms with Gasteiger partial charge in [0.1, 0.15) is 0 Å². The minimum Gasteiger partial charge on any atom is -0.366 e. The van der Waals surface area contributed by atoms with Crippen LogP contribution >= 0.6 is 0 Å². The van der Waals surface area contributed by atoms with E-state index in [1.54, 1.807) is 0 Å². The number of carbonyl (C=O) groups excluding carboxylic acids is 1. The van der Waals surface area contributed by atoms with E-state index in [4.69, 9.17) is 5.73 Å². The highest BCUT2D eigenvalue weighted by Crippen LogP contribution is 2.37. The number of halogens is 6. The number of hydrogen-bond donors (Lipinski definition) is 1. The van der Waals surface area contributed by atoms with E-state index < -0.39 is 47.8 Å². The Morgan fingerprint density at radius 2 is 1.47 bits per heavy atom. The lowest BCUT2D eigenvalue weighted by molar-refractivity contribution is 0.0359. The molecule has 0 fully saturated rings. The molecule has 0 aliphatic heterocycles. The Morgan fingerprint density at radius 1 is 0.947 bits per heavy atom. The smallest absolute Gasteiger partial charge is 0.273 e. The first kappa shape index (κ1) is 15.3. The summed E-state index contributed by atoms with van der Waals surface area (Å²) in [5.41, 5.74) is 1.97. The van der Waals surface area contributed by atoms with Crippen molar-refractivity contribution < 1.29 is 31.1 Å². The number of rotatable bonds is 5. The fourth-order valence-corrected chi connectivity index (χ4v) is 1.61. The molecule has 1 aromatic rings. The number of carbonyl (C=O) groups is 1. The summed E-state index contributed by atoms with van der Waals surface area (Å²) < 4.78 is 76.0. The molecule has 0 bridgehead atoms. The third kappa shape index (κ3) is 3.18. The van der Waals surface area contributed by atoms with E-state index in [-0.39, 0.29) is 0 Å². The summed E-state index contributed by atoms with van der Waals surface area (Å²) in [7, 11) is 0. The highest BCUT2D eigenvalue weighted by Gasteiger charge is 2.33. The number of alkyl halides is 6. The van der Waals surface area contributed by atoms with E-state index in [1.807, 2.05) is 0 Å². The van der Waals surface area contributed by atoms with Crippen LogP contribution in [0.4, 0.5) is 26.3 Å². The van der Waals surface area contributed by atoms with Crippen molar-refractivity contribution in [2.45, 2.75) is 25.2 Å². The molecule has 2 N–H and O–H groups in total. The second-order valence-corrected chi connectivity index (χ2v) is 3.65. The van der Waals surface area contributed by atoms with Crippen molar-refractivity contribution in [2.24, 2.45) is 5.73 Å². The summed E-state index contributed by atoms with van der Waals surface area (Å²) in [5, 5.41) is 0. The summed E-state index contributed by atoms with van der Waals surface area (Å²) in [5.74, 6) is -1.30. The zero-order valence-electron chi connectivity index (χ0n) is 9.29. The van der Waals surface area contributed by atoms with E-state index in [0.29, 0.717) is 6.07 Å². The minimum absolute atomic E-state index is 0.716. The van der Waals surface area contributed by atoms with Gasteiger partial charge in [0.15, 0.2) is 12.3 Å². The molecule has 0 aliphatic carbocycles. The van der Waals surface area contributed by atoms with Crippen molar-refractivity contribution in [3.63, 3.8) is 0 Å². The first-order chi connectivity index (χ1) is 8.77. The van der Waals surface area contributed by atoms with Gasteiger partial charge in [0.05, 0.1) is 0 Å². The highest BCUT2D eigenvalue weighted by atomic mass is 19.3. The topological polar surface area (TPSA) is 43.1 Å². The Hall–Kier alpha value is -1.73. The van der Waals surface area contributed by atoms with Gasteiger partial charge in [-0.1, -0.05) is 12.1 Å². The van der Waals surface area contributed by atoms with Gasteiger partial charge < -0.3 is 5.73 Å². The molecule has 0 aromatic heterocycles. The van der Waals surface area contributed by atoms with Crippen LogP contribution in [0.25, 0.3) is 0 Å². The standard InChI is InChI=1S/C11H9F6NO/c12-7(9(14)15)4-2-1-3-5(11(18)19)6(4)8(13)10(16)17/h1-3,7-10H,(H2,18,19). The normalized spacial score (nSPS) is 14.7. The number of benzene rings is 1. The maximum absolute atomic E-state index is 13.4. The molecule has 0 saturated carbocycles. The summed E-state index contributed by atoms with van der Waals surface area (Å²) in [4.78, 5) is 11.0. The summed E-state index contributed by atoms with van der Waals surface area (Å²) in [6.07, 6.45) is -13.2. The van der Waals surface area contributed by atoms with Crippen LogP contribution in [0.15, 0.2) is 18.2 Å². The van der Waals surface area contributed by atoms with Crippen molar-refractivity contribution in [3.05, 3.63) is 34.9 Å². The van der Waals surface area contributed by atoms with Crippen molar-refractivity contribution in [2.75, 3.05) is 0 Å². The molecular weight excluding hydrogens is 276 g/mol. The third-order valence-electron chi connectivity index (χ3n) is 2.42. The van der Waals surface area contributed by atoms with Crippen LogP contribution in [0.3, 0.4) is 0 Å². The van der Waals surface area contributed by atoms with Crippen molar-refractivity contribution in [3.8, 4) is 0 Å². The maximum atomic E-state index is 13.4. The monoisotopic (exact) mass is 285 g/mol. The first-order valence-corrected chi connectivity index (χ1v) is 5.04. The van der Waals surface area contributed by atoms with E-state index in [9.17, 15) is 31.1 Å². The average Bonchev–Trinajstić information content (AvgIpc) is 2.35. The van der Waals surface area contributed by atoms with E-state index >= 15 is 0 Å². The number of hydrogen-bond acceptors (Lipinski definition) is 1. The third-order valence-corrected chi connectivity index (χ3v) is 2.42. The van der Waals surface area contributed by atoms with Crippen LogP contribution in [-0.4, -0.2) is 18.8 Å². The van der Waals surface area contributed by atoms with Crippen LogP contribution in [-0.2, 0) is 0 Å². The summed E-state index contributed by atoms with van der Waals surface area (Å²) in [6.45, 7) is 0. The lowest BCUT2D eigenvalue weighted by atomic mass is 9.94. The molecule has 106 valence electrons. The van der Waals surface area contributed by atoms with Gasteiger partial charge in [0.2, 0.25) is 5.91 Å². The predicted molar refractivity (Wildman–Crippen MR) is 54.7 cm³/mol. The van der Waals surface area contributed by atoms with Crippen LogP contribution < -0.4 is 5.73 Å². The van der Waals surface area contributed by atoms with Crippen LogP contribution in [0.5, 0.6) is 0 Å². The van der Waals surface area contributed by atoms with Gasteiger partial charge in [-0.05, 0) is 11.6 Å². The predicted octanol–water partition coefficient (Wildman–Crippen LogP) is 3.34. The summed E-state index contributed by atoms with van der Waals surface area (Å²) in [6, 6.07) is 2.55. The quantitative estimate of drug-likeness (QED) is 0.828. The molecule has 0 heterocycles. The van der Waals surface area contributed by atoms with Crippen LogP contribution in [0, 0.1) is 0 Å². The minimum atomic E-state index is -3.59. The molecule has 19 heavy (non-hydrogen) atoms. The number of amides is 1. The van der Waals surface area contributed by atoms with Gasteiger partial charge in [0, 0.05) is 11.1 Å². The first-order valence-electron chi connectivity index (χ1n) is 5.04. The second-order valence-electron chi connectivity index (χ2n) is 3.65. The Labute approximate surface area is 104 Å². The number of nitrogens with two attached hydrogens (primary N) is 1. The lowest BCUT2D eigenvalue weighted by Gasteiger charge is -2.18. The largest absolute Gasteiger partial charge is 0.366 e. The molecule has 8 heteroatoms. The molecule has 0 radical (unpaired) electrons. The molecule has 1 aromatic carbocycles. The highest BCUT2D eigenvalue weighted by molar-refractivity contribution is 5.94. The van der Waals surface area contributed by atoms with Gasteiger partial charge in [-0.2, -0.15) is 0 Å². The van der Waals surface area contributed by atoms with E-state index in [2.05, 4.69) is 0 Å². The van der Waals surface area contributed by atoms with E-state index in [1.165, 1.54) is 0 Å². The Kier molecular flexibility index (Phi) is 4.79. The lowest BCUT2D eigenvalue weighted by Crippen LogP contribution is -2.20. The van der Waals surface area contributed by atoms with Crippen molar-refractivity contribution in [1.29, 1.82) is 0 Å². The molecular formula is C11H9F6NO. The van der Waals surface area contributed by atoms with Gasteiger partial charge in [-0.25, -0.2) is 26.3 Å². The van der Waals surface area contributed by atoms with Crippen LogP contribution in [0.1, 0.15) is 33.8 Å². The Bertz CT molecular complexity index is 464. The Morgan fingerprint density at radius 3 is 1.89 bits per heavy atom. The second kappa shape index (κ2) is 5.94. The molecule has 0 saturated heterocycles. The van der Waals surface area contributed by atoms with E-state index in [0.717, 1.165) is 12.1 Å². The fraction of sp³-hybridized carbons (Fsp3) is 0.364. The van der Waals surface area contributed by atoms with Gasteiger partial charge in [0.25, 0.3) is 12.9 Å². The molecule has 2 atom stereocenters. The molecule has 1 amide bonds.